The number of para-hydroxylation sites is 1. The average molecular weight is 319 g/mol. The van der Waals surface area contributed by atoms with Crippen LogP contribution in [-0.2, 0) is 0 Å². The van der Waals surface area contributed by atoms with Crippen molar-refractivity contribution in [2.75, 3.05) is 7.11 Å². The van der Waals surface area contributed by atoms with Crippen LogP contribution in [0.5, 0.6) is 5.75 Å². The van der Waals surface area contributed by atoms with Gasteiger partial charge in [0.2, 0.25) is 0 Å². The molecule has 4 nitrogen and oxygen atoms in total. The molecule has 0 amide bonds. The first-order valence-electron chi connectivity index (χ1n) is 7.58. The normalized spacial score (nSPS) is 11.1. The number of ether oxygens (including phenoxy) is 1. The number of aromatic amines is 1. The number of aromatic nitrogens is 1. The summed E-state index contributed by atoms with van der Waals surface area (Å²) in [5, 5.41) is 0.873. The number of carbonyl (C=O) groups excluding carboxylic acids is 1. The van der Waals surface area contributed by atoms with E-state index in [-0.39, 0.29) is 16.9 Å². The molecule has 0 atom stereocenters. The van der Waals surface area contributed by atoms with Gasteiger partial charge in [0.15, 0.2) is 5.78 Å². The van der Waals surface area contributed by atoms with Crippen LogP contribution < -0.4 is 10.3 Å². The van der Waals surface area contributed by atoms with Crippen LogP contribution in [0.1, 0.15) is 21.5 Å². The molecule has 120 valence electrons. The van der Waals surface area contributed by atoms with Crippen LogP contribution in [0.3, 0.4) is 0 Å². The van der Waals surface area contributed by atoms with Gasteiger partial charge in [-0.25, -0.2) is 0 Å². The molecule has 0 saturated heterocycles. The van der Waals surface area contributed by atoms with Crippen LogP contribution in [0.4, 0.5) is 0 Å². The third-order valence-corrected chi connectivity index (χ3v) is 3.97. The van der Waals surface area contributed by atoms with E-state index in [1.807, 2.05) is 48.5 Å². The van der Waals surface area contributed by atoms with Gasteiger partial charge in [0.25, 0.3) is 5.56 Å². The number of nitrogens with one attached hydrogen (secondary N) is 1. The molecule has 3 rings (SSSR count). The summed E-state index contributed by atoms with van der Waals surface area (Å²) in [5.41, 5.74) is 2.10. The number of methoxy groups -OCH3 is 1. The van der Waals surface area contributed by atoms with Crippen LogP contribution in [0.15, 0.2) is 59.4 Å². The minimum absolute atomic E-state index is 0.179. The van der Waals surface area contributed by atoms with Crippen molar-refractivity contribution in [1.29, 1.82) is 0 Å². The standard InChI is InChI=1S/C20H17NO3/c1-13-16-5-3-4-6-17(16)21-20(23)19(13)18(22)12-9-14-7-10-15(24-2)11-8-14/h3-12H,1-2H3,(H,21,23). The Labute approximate surface area is 139 Å². The lowest BCUT2D eigenvalue weighted by Crippen LogP contribution is -2.18. The van der Waals surface area contributed by atoms with Crippen LogP contribution in [0.2, 0.25) is 0 Å². The van der Waals surface area contributed by atoms with Gasteiger partial charge in [-0.05, 0) is 42.3 Å². The first-order valence-corrected chi connectivity index (χ1v) is 7.58. The lowest BCUT2D eigenvalue weighted by molar-refractivity contribution is 0.104. The topological polar surface area (TPSA) is 59.2 Å². The first-order chi connectivity index (χ1) is 11.6. The Balaban J connectivity index is 1.96. The minimum atomic E-state index is -0.365. The molecule has 0 radical (unpaired) electrons. The largest absolute Gasteiger partial charge is 0.497 e. The Hall–Kier alpha value is -3.14. The summed E-state index contributed by atoms with van der Waals surface area (Å²) in [7, 11) is 1.60. The molecule has 0 fully saturated rings. The number of allylic oxidation sites excluding steroid dienone is 1. The monoisotopic (exact) mass is 319 g/mol. The van der Waals surface area contributed by atoms with Crippen molar-refractivity contribution in [3.05, 3.63) is 81.7 Å². The van der Waals surface area contributed by atoms with E-state index in [1.165, 1.54) is 6.08 Å². The molecule has 1 heterocycles. The fraction of sp³-hybridized carbons (Fsp3) is 0.100. The third kappa shape index (κ3) is 2.99. The Morgan fingerprint density at radius 2 is 1.79 bits per heavy atom. The van der Waals surface area contributed by atoms with Gasteiger partial charge in [0.1, 0.15) is 5.75 Å². The van der Waals surface area contributed by atoms with Gasteiger partial charge in [0, 0.05) is 10.9 Å². The highest BCUT2D eigenvalue weighted by atomic mass is 16.5. The highest BCUT2D eigenvalue weighted by molar-refractivity contribution is 6.09. The van der Waals surface area contributed by atoms with E-state index in [9.17, 15) is 9.59 Å². The van der Waals surface area contributed by atoms with Crippen molar-refractivity contribution in [3.8, 4) is 5.75 Å². The summed E-state index contributed by atoms with van der Waals surface area (Å²) in [5.74, 6) is 0.440. The van der Waals surface area contributed by atoms with E-state index >= 15 is 0 Å². The second kappa shape index (κ2) is 6.54. The minimum Gasteiger partial charge on any atom is -0.497 e. The molecule has 24 heavy (non-hydrogen) atoms. The molecule has 0 bridgehead atoms. The number of H-pyrrole nitrogens is 1. The van der Waals surface area contributed by atoms with Gasteiger partial charge in [-0.2, -0.15) is 0 Å². The number of pyridine rings is 1. The fourth-order valence-corrected chi connectivity index (χ4v) is 2.68. The van der Waals surface area contributed by atoms with E-state index in [2.05, 4.69) is 4.98 Å². The Kier molecular flexibility index (Phi) is 4.29. The first kappa shape index (κ1) is 15.7. The highest BCUT2D eigenvalue weighted by Gasteiger charge is 2.14. The zero-order valence-electron chi connectivity index (χ0n) is 13.5. The van der Waals surface area contributed by atoms with Crippen molar-refractivity contribution in [2.45, 2.75) is 6.92 Å². The predicted molar refractivity (Wildman–Crippen MR) is 95.7 cm³/mol. The van der Waals surface area contributed by atoms with Crippen LogP contribution >= 0.6 is 0 Å². The maximum absolute atomic E-state index is 12.5. The molecule has 3 aromatic rings. The van der Waals surface area contributed by atoms with Crippen molar-refractivity contribution < 1.29 is 9.53 Å². The molecule has 0 aliphatic heterocycles. The molecule has 0 saturated carbocycles. The third-order valence-electron chi connectivity index (χ3n) is 3.97. The van der Waals surface area contributed by atoms with E-state index in [4.69, 9.17) is 4.74 Å². The van der Waals surface area contributed by atoms with Crippen LogP contribution in [-0.4, -0.2) is 17.9 Å². The zero-order chi connectivity index (χ0) is 17.1. The number of benzene rings is 2. The maximum Gasteiger partial charge on any atom is 0.259 e. The van der Waals surface area contributed by atoms with Crippen LogP contribution in [0.25, 0.3) is 17.0 Å². The van der Waals surface area contributed by atoms with E-state index in [0.717, 1.165) is 22.2 Å². The molecule has 0 aliphatic rings. The number of fused-ring (bicyclic) bond motifs is 1. The smallest absolute Gasteiger partial charge is 0.259 e. The summed E-state index contributed by atoms with van der Waals surface area (Å²) >= 11 is 0. The number of ketones is 1. The van der Waals surface area contributed by atoms with E-state index in [0.29, 0.717) is 5.56 Å². The number of hydrogen-bond donors (Lipinski definition) is 1. The zero-order valence-corrected chi connectivity index (χ0v) is 13.5. The Morgan fingerprint density at radius 3 is 2.50 bits per heavy atom. The quantitative estimate of drug-likeness (QED) is 0.588. The number of rotatable bonds is 4. The molecule has 4 heteroatoms. The summed E-state index contributed by atoms with van der Waals surface area (Å²) in [4.78, 5) is 27.5. The van der Waals surface area contributed by atoms with Gasteiger partial charge in [-0.1, -0.05) is 36.4 Å². The Morgan fingerprint density at radius 1 is 1.08 bits per heavy atom. The van der Waals surface area contributed by atoms with Gasteiger partial charge < -0.3 is 9.72 Å². The molecule has 0 aliphatic carbocycles. The number of hydrogen-bond acceptors (Lipinski definition) is 3. The lowest BCUT2D eigenvalue weighted by atomic mass is 10.0. The summed E-state index contributed by atoms with van der Waals surface area (Å²) in [6.45, 7) is 1.80. The van der Waals surface area contributed by atoms with E-state index in [1.54, 1.807) is 20.1 Å². The molecular weight excluding hydrogens is 302 g/mol. The van der Waals surface area contributed by atoms with Gasteiger partial charge in [-0.3, -0.25) is 9.59 Å². The van der Waals surface area contributed by atoms with Crippen LogP contribution in [0, 0.1) is 6.92 Å². The summed E-state index contributed by atoms with van der Waals surface area (Å²) < 4.78 is 5.10. The second-order valence-electron chi connectivity index (χ2n) is 5.47. The molecule has 0 spiro atoms. The summed E-state index contributed by atoms with van der Waals surface area (Å²) in [6.07, 6.45) is 3.12. The average Bonchev–Trinajstić information content (AvgIpc) is 2.60. The van der Waals surface area contributed by atoms with Gasteiger partial charge >= 0.3 is 0 Å². The molecular formula is C20H17NO3. The van der Waals surface area contributed by atoms with Crippen molar-refractivity contribution in [2.24, 2.45) is 0 Å². The summed E-state index contributed by atoms with van der Waals surface area (Å²) in [6, 6.07) is 14.8. The lowest BCUT2D eigenvalue weighted by Gasteiger charge is -2.06. The van der Waals surface area contributed by atoms with E-state index < -0.39 is 0 Å². The molecule has 0 unspecified atom stereocenters. The fourth-order valence-electron chi connectivity index (χ4n) is 2.68. The number of aryl methyl sites for hydroxylation is 1. The molecule has 1 aromatic heterocycles. The van der Waals surface area contributed by atoms with Crippen molar-refractivity contribution in [3.63, 3.8) is 0 Å². The highest BCUT2D eigenvalue weighted by Crippen LogP contribution is 2.18. The predicted octanol–water partition coefficient (Wildman–Crippen LogP) is 3.74. The SMILES string of the molecule is COc1ccc(C=CC(=O)c2c(C)c3ccccc3[nH]c2=O)cc1. The van der Waals surface area contributed by atoms with Gasteiger partial charge in [-0.15, -0.1) is 0 Å². The number of carbonyl (C=O) groups is 1. The molecule has 2 aromatic carbocycles. The molecule has 1 N–H and O–H groups in total. The second-order valence-corrected chi connectivity index (χ2v) is 5.47. The van der Waals surface area contributed by atoms with Crippen molar-refractivity contribution in [1.82, 2.24) is 4.98 Å². The Bertz CT molecular complexity index is 982. The van der Waals surface area contributed by atoms with Gasteiger partial charge in [0.05, 0.1) is 12.7 Å². The van der Waals surface area contributed by atoms with Crippen molar-refractivity contribution >= 4 is 22.8 Å². The maximum atomic E-state index is 12.5.